The first-order valence-corrected chi connectivity index (χ1v) is 18.0. The molecule has 18 heteroatoms. The van der Waals surface area contributed by atoms with Crippen molar-refractivity contribution in [2.75, 3.05) is 5.32 Å². The zero-order valence-corrected chi connectivity index (χ0v) is 30.0. The van der Waals surface area contributed by atoms with Crippen molar-refractivity contribution in [1.82, 2.24) is 20.2 Å². The van der Waals surface area contributed by atoms with Gasteiger partial charge in [0, 0.05) is 49.5 Å². The van der Waals surface area contributed by atoms with Gasteiger partial charge in [0.2, 0.25) is 5.16 Å². The number of thioether (sulfide) groups is 1. The van der Waals surface area contributed by atoms with E-state index >= 15 is 0 Å². The Labute approximate surface area is 298 Å². The van der Waals surface area contributed by atoms with Gasteiger partial charge in [-0.1, -0.05) is 48.2 Å². The fraction of sp³-hybridized carbons (Fsp3) is 0.0968. The van der Waals surface area contributed by atoms with Crippen LogP contribution >= 0.6 is 43.6 Å². The van der Waals surface area contributed by atoms with E-state index in [9.17, 15) is 33.0 Å². The molecule has 1 aromatic heterocycles. The molecule has 0 radical (unpaired) electrons. The van der Waals surface area contributed by atoms with Crippen LogP contribution in [0.5, 0.6) is 17.2 Å². The number of halogens is 2. The minimum atomic E-state index is -4.54. The lowest BCUT2D eigenvalue weighted by Gasteiger charge is -2.19. The Bertz CT molecular complexity index is 2430. The van der Waals surface area contributed by atoms with Gasteiger partial charge in [-0.3, -0.25) is 19.5 Å². The van der Waals surface area contributed by atoms with E-state index in [0.717, 1.165) is 12.1 Å². The fourth-order valence-electron chi connectivity index (χ4n) is 5.22. The van der Waals surface area contributed by atoms with Crippen LogP contribution in [0.1, 0.15) is 21.5 Å². The van der Waals surface area contributed by atoms with E-state index in [1.165, 1.54) is 28.6 Å². The van der Waals surface area contributed by atoms with Crippen LogP contribution in [0.4, 0.5) is 11.4 Å². The van der Waals surface area contributed by atoms with E-state index < -0.39 is 25.8 Å². The number of tetrazole rings is 1. The minimum absolute atomic E-state index is 0.127. The standard InChI is InChI=1S/C31H22Br2N6O8S2/c1-15-6-5-9-20-26(15)25(13-21(28(20)40)30(41)34-27-22(32)11-17(12-23(27)33)49(44,45)46)47-29-16(14-48-31-35-36-37-38(31)2)10-24(39(42)43)18-7-3-4-8-19(18)29/h3-13,40H,14H2,1-2H3,(H,34,41)(H,44,45,46). The molecule has 0 fully saturated rings. The number of nitrogens with zero attached hydrogens (tertiary/aromatic N) is 5. The van der Waals surface area contributed by atoms with Crippen molar-refractivity contribution >= 4 is 92.6 Å². The number of fused-ring (bicyclic) bond motifs is 2. The predicted octanol–water partition coefficient (Wildman–Crippen LogP) is 7.55. The lowest BCUT2D eigenvalue weighted by molar-refractivity contribution is -0.383. The van der Waals surface area contributed by atoms with E-state index in [-0.39, 0.29) is 48.9 Å². The van der Waals surface area contributed by atoms with Crippen LogP contribution < -0.4 is 10.1 Å². The molecule has 0 saturated carbocycles. The molecule has 0 aliphatic carbocycles. The molecule has 1 heterocycles. The maximum absolute atomic E-state index is 13.8. The van der Waals surface area contributed by atoms with Gasteiger partial charge in [-0.25, -0.2) is 4.68 Å². The second-order valence-corrected chi connectivity index (χ2v) is 14.7. The summed E-state index contributed by atoms with van der Waals surface area (Å²) in [5.74, 6) is -0.465. The quantitative estimate of drug-likeness (QED) is 0.0560. The molecule has 5 aromatic carbocycles. The number of nitrogens with one attached hydrogen (secondary N) is 1. The Hall–Kier alpha value is -4.62. The lowest BCUT2D eigenvalue weighted by Crippen LogP contribution is -2.14. The van der Waals surface area contributed by atoms with Crippen molar-refractivity contribution in [2.24, 2.45) is 7.05 Å². The Morgan fingerprint density at radius 2 is 1.73 bits per heavy atom. The first kappa shape index (κ1) is 34.3. The van der Waals surface area contributed by atoms with E-state index in [0.29, 0.717) is 37.8 Å². The third-order valence-corrected chi connectivity index (χ3v) is 10.6. The Morgan fingerprint density at radius 3 is 2.37 bits per heavy atom. The number of phenolic OH excluding ortho intramolecular Hbond substituents is 1. The molecule has 6 rings (SSSR count). The average Bonchev–Trinajstić information content (AvgIpc) is 3.46. The van der Waals surface area contributed by atoms with Gasteiger partial charge in [0.1, 0.15) is 17.2 Å². The van der Waals surface area contributed by atoms with Crippen LogP contribution in [-0.2, 0) is 22.9 Å². The molecule has 49 heavy (non-hydrogen) atoms. The van der Waals surface area contributed by atoms with Crippen molar-refractivity contribution in [3.63, 3.8) is 0 Å². The SMILES string of the molecule is Cc1cccc2c(O)c(C(=O)Nc3c(Br)cc(S(=O)(=O)O)cc3Br)cc(Oc3c(CSc4nnnn4C)cc([N+](=O)[O-])c4ccccc34)c12. The van der Waals surface area contributed by atoms with Gasteiger partial charge in [0.05, 0.1) is 26.5 Å². The van der Waals surface area contributed by atoms with E-state index in [2.05, 4.69) is 52.7 Å². The number of hydrogen-bond acceptors (Lipinski definition) is 11. The summed E-state index contributed by atoms with van der Waals surface area (Å²) in [6, 6.07) is 16.9. The summed E-state index contributed by atoms with van der Waals surface area (Å²) in [6.07, 6.45) is 0. The second kappa shape index (κ2) is 13.4. The number of aromatic nitrogens is 4. The van der Waals surface area contributed by atoms with Gasteiger partial charge in [-0.05, 0) is 79.0 Å². The van der Waals surface area contributed by atoms with E-state index in [1.54, 1.807) is 43.4 Å². The van der Waals surface area contributed by atoms with E-state index in [1.807, 2.05) is 13.0 Å². The van der Waals surface area contributed by atoms with Crippen LogP contribution in [0.25, 0.3) is 21.5 Å². The van der Waals surface area contributed by atoms with Crippen molar-refractivity contribution in [1.29, 1.82) is 0 Å². The Kier molecular flexibility index (Phi) is 9.34. The molecule has 250 valence electrons. The Balaban J connectivity index is 1.51. The monoisotopic (exact) mass is 828 g/mol. The first-order chi connectivity index (χ1) is 23.2. The summed E-state index contributed by atoms with van der Waals surface area (Å²) < 4.78 is 41.2. The molecule has 0 bridgehead atoms. The maximum atomic E-state index is 13.8. The maximum Gasteiger partial charge on any atom is 0.294 e. The number of non-ortho nitro benzene ring substituents is 1. The number of carbonyl (C=O) groups excluding carboxylic acids is 1. The zero-order valence-electron chi connectivity index (χ0n) is 25.2. The zero-order chi connectivity index (χ0) is 35.2. The van der Waals surface area contributed by atoms with Crippen LogP contribution in [0, 0.1) is 17.0 Å². The van der Waals surface area contributed by atoms with E-state index in [4.69, 9.17) is 4.74 Å². The molecule has 0 aliphatic rings. The van der Waals surface area contributed by atoms with Gasteiger partial charge in [0.25, 0.3) is 21.7 Å². The highest BCUT2D eigenvalue weighted by Crippen LogP contribution is 2.45. The smallest absolute Gasteiger partial charge is 0.294 e. The molecule has 1 amide bonds. The number of nitro benzene ring substituents is 1. The fourth-order valence-corrected chi connectivity index (χ4v) is 8.26. The Morgan fingerprint density at radius 1 is 1.06 bits per heavy atom. The molecule has 0 spiro atoms. The average molecular weight is 830 g/mol. The van der Waals surface area contributed by atoms with Crippen LogP contribution in [-0.4, -0.2) is 49.1 Å². The van der Waals surface area contributed by atoms with Gasteiger partial charge in [-0.2, -0.15) is 8.42 Å². The highest BCUT2D eigenvalue weighted by Gasteiger charge is 2.25. The summed E-state index contributed by atoms with van der Waals surface area (Å²) in [4.78, 5) is 25.1. The summed E-state index contributed by atoms with van der Waals surface area (Å²) >= 11 is 7.70. The second-order valence-electron chi connectivity index (χ2n) is 10.6. The van der Waals surface area contributed by atoms with Crippen LogP contribution in [0.15, 0.2) is 85.7 Å². The number of amides is 1. The molecule has 0 aliphatic heterocycles. The number of nitro groups is 1. The number of aromatic hydroxyl groups is 1. The molecule has 0 saturated heterocycles. The van der Waals surface area contributed by atoms with Crippen molar-refractivity contribution in [2.45, 2.75) is 22.7 Å². The number of aryl methyl sites for hydroxylation is 2. The van der Waals surface area contributed by atoms with Crippen LogP contribution in [0.3, 0.4) is 0 Å². The summed E-state index contributed by atoms with van der Waals surface area (Å²) in [7, 11) is -2.87. The van der Waals surface area contributed by atoms with Gasteiger partial charge < -0.3 is 15.2 Å². The predicted molar refractivity (Wildman–Crippen MR) is 189 cm³/mol. The minimum Gasteiger partial charge on any atom is -0.506 e. The van der Waals surface area contributed by atoms with Gasteiger partial charge in [-0.15, -0.1) is 5.10 Å². The van der Waals surface area contributed by atoms with Crippen molar-refractivity contribution in [3.8, 4) is 17.2 Å². The number of phenols is 1. The summed E-state index contributed by atoms with van der Waals surface area (Å²) in [5.41, 5.74) is 0.984. The van der Waals surface area contributed by atoms with Gasteiger partial charge in [0.15, 0.2) is 0 Å². The van der Waals surface area contributed by atoms with Crippen molar-refractivity contribution in [3.05, 3.63) is 102 Å². The number of benzene rings is 5. The van der Waals surface area contributed by atoms with Crippen molar-refractivity contribution < 1.29 is 32.5 Å². The number of carbonyl (C=O) groups is 1. The number of rotatable bonds is 9. The molecule has 0 unspecified atom stereocenters. The van der Waals surface area contributed by atoms with Gasteiger partial charge >= 0.3 is 0 Å². The summed E-state index contributed by atoms with van der Waals surface area (Å²) in [5, 5.41) is 39.7. The first-order valence-electron chi connectivity index (χ1n) is 14.0. The number of hydrogen-bond donors (Lipinski definition) is 3. The van der Waals surface area contributed by atoms with Crippen LogP contribution in [0.2, 0.25) is 0 Å². The highest BCUT2D eigenvalue weighted by atomic mass is 79.9. The third kappa shape index (κ3) is 6.69. The molecular formula is C31H22Br2N6O8S2. The third-order valence-electron chi connectivity index (χ3n) is 7.50. The molecule has 3 N–H and O–H groups in total. The largest absolute Gasteiger partial charge is 0.506 e. The highest BCUT2D eigenvalue weighted by molar-refractivity contribution is 9.11. The topological polar surface area (TPSA) is 200 Å². The number of anilines is 1. The molecule has 14 nitrogen and oxygen atoms in total. The number of ether oxygens (including phenoxy) is 1. The molecule has 6 aromatic rings. The summed E-state index contributed by atoms with van der Waals surface area (Å²) in [6.45, 7) is 1.81. The lowest BCUT2D eigenvalue weighted by atomic mass is 9.99. The molecular weight excluding hydrogens is 808 g/mol. The molecule has 0 atom stereocenters. The normalized spacial score (nSPS) is 11.6.